The fraction of sp³-hybridized carbons (Fsp3) is 0.538. The van der Waals surface area contributed by atoms with Gasteiger partial charge < -0.3 is 15.0 Å². The topological polar surface area (TPSA) is 71.3 Å². The average Bonchev–Trinajstić information content (AvgIpc) is 2.68. The summed E-state index contributed by atoms with van der Waals surface area (Å²) in [5.74, 6) is -1.11. The molecule has 1 fully saturated rings. The summed E-state index contributed by atoms with van der Waals surface area (Å²) < 4.78 is 1.74. The van der Waals surface area contributed by atoms with Gasteiger partial charge in [-0.3, -0.25) is 9.59 Å². The van der Waals surface area contributed by atoms with Gasteiger partial charge in [0.05, 0.1) is 10.4 Å². The molecule has 0 atom stereocenters. The number of carbonyl (C=O) groups is 2. The summed E-state index contributed by atoms with van der Waals surface area (Å²) in [6.07, 6.45) is 3.84. The Morgan fingerprint density at radius 1 is 1.53 bits per heavy atom. The maximum Gasteiger partial charge on any atom is 0.311 e. The summed E-state index contributed by atoms with van der Waals surface area (Å²) in [6.45, 7) is 2.73. The summed E-state index contributed by atoms with van der Waals surface area (Å²) in [5, 5.41) is 12.4. The van der Waals surface area contributed by atoms with Crippen LogP contribution < -0.4 is 5.32 Å². The van der Waals surface area contributed by atoms with Gasteiger partial charge in [0.25, 0.3) is 5.91 Å². The molecule has 0 spiro atoms. The van der Waals surface area contributed by atoms with E-state index in [1.807, 2.05) is 6.92 Å². The molecule has 5 nitrogen and oxygen atoms in total. The minimum Gasteiger partial charge on any atom is -0.481 e. The zero-order valence-corrected chi connectivity index (χ0v) is 11.5. The number of carboxylic acid groups (broad SMARTS) is 1. The third-order valence-corrected chi connectivity index (χ3v) is 3.99. The van der Waals surface area contributed by atoms with E-state index in [4.69, 9.17) is 11.6 Å². The molecular weight excluding hydrogens is 268 g/mol. The van der Waals surface area contributed by atoms with Crippen molar-refractivity contribution in [1.82, 2.24) is 9.88 Å². The molecule has 0 unspecified atom stereocenters. The first-order chi connectivity index (χ1) is 8.98. The van der Waals surface area contributed by atoms with E-state index >= 15 is 0 Å². The van der Waals surface area contributed by atoms with Gasteiger partial charge in [-0.1, -0.05) is 18.0 Å². The monoisotopic (exact) mass is 284 g/mol. The number of aliphatic carboxylic acids is 1. The van der Waals surface area contributed by atoms with Crippen LogP contribution >= 0.6 is 11.6 Å². The fourth-order valence-corrected chi connectivity index (χ4v) is 2.56. The molecular formula is C13H17ClN2O3. The highest BCUT2D eigenvalue weighted by molar-refractivity contribution is 6.31. The van der Waals surface area contributed by atoms with Crippen molar-refractivity contribution >= 4 is 23.5 Å². The summed E-state index contributed by atoms with van der Waals surface area (Å²) in [6, 6.07) is 1.59. The van der Waals surface area contributed by atoms with Gasteiger partial charge >= 0.3 is 5.97 Å². The Bertz CT molecular complexity index is 506. The maximum absolute atomic E-state index is 12.1. The summed E-state index contributed by atoms with van der Waals surface area (Å²) >= 11 is 5.87. The van der Waals surface area contributed by atoms with Crippen molar-refractivity contribution in [3.8, 4) is 0 Å². The van der Waals surface area contributed by atoms with Crippen LogP contribution in [0.5, 0.6) is 0 Å². The van der Waals surface area contributed by atoms with Crippen molar-refractivity contribution in [2.45, 2.75) is 32.7 Å². The first-order valence-electron chi connectivity index (χ1n) is 6.36. The highest BCUT2D eigenvalue weighted by Gasteiger charge is 2.44. The van der Waals surface area contributed by atoms with E-state index in [2.05, 4.69) is 5.32 Å². The predicted molar refractivity (Wildman–Crippen MR) is 71.4 cm³/mol. The highest BCUT2D eigenvalue weighted by atomic mass is 35.5. The molecule has 1 aromatic rings. The molecule has 1 aromatic heterocycles. The lowest BCUT2D eigenvalue weighted by atomic mass is 9.69. The van der Waals surface area contributed by atoms with Crippen LogP contribution in [0.4, 0.5) is 0 Å². The number of rotatable bonds is 5. The second-order valence-corrected chi connectivity index (χ2v) is 5.39. The van der Waals surface area contributed by atoms with Gasteiger partial charge in [0.1, 0.15) is 5.69 Å². The molecule has 2 rings (SSSR count). The van der Waals surface area contributed by atoms with Gasteiger partial charge in [-0.05, 0) is 25.8 Å². The lowest BCUT2D eigenvalue weighted by molar-refractivity contribution is -0.153. The van der Waals surface area contributed by atoms with Crippen LogP contribution in [0, 0.1) is 5.41 Å². The Morgan fingerprint density at radius 3 is 2.68 bits per heavy atom. The van der Waals surface area contributed by atoms with Crippen LogP contribution in [0.25, 0.3) is 0 Å². The number of hydrogen-bond acceptors (Lipinski definition) is 2. The molecule has 0 radical (unpaired) electrons. The third-order valence-electron chi connectivity index (χ3n) is 3.79. The normalized spacial score (nSPS) is 16.7. The van der Waals surface area contributed by atoms with Crippen LogP contribution in [-0.2, 0) is 11.3 Å². The number of aryl methyl sites for hydroxylation is 1. The Labute approximate surface area is 116 Å². The van der Waals surface area contributed by atoms with Crippen molar-refractivity contribution in [1.29, 1.82) is 0 Å². The van der Waals surface area contributed by atoms with Gasteiger partial charge in [0.15, 0.2) is 0 Å². The fourth-order valence-electron chi connectivity index (χ4n) is 2.34. The SMILES string of the molecule is CCn1cc(Cl)cc1C(=O)NCC1(C(=O)O)CCC1. The Kier molecular flexibility index (Phi) is 3.85. The van der Waals surface area contributed by atoms with Gasteiger partial charge in [0.2, 0.25) is 0 Å². The number of aromatic nitrogens is 1. The number of nitrogens with zero attached hydrogens (tertiary/aromatic N) is 1. The minimum absolute atomic E-state index is 0.174. The molecule has 1 heterocycles. The molecule has 1 saturated carbocycles. The van der Waals surface area contributed by atoms with Crippen molar-refractivity contribution in [2.75, 3.05) is 6.54 Å². The first kappa shape index (κ1) is 13.9. The van der Waals surface area contributed by atoms with Gasteiger partial charge in [-0.25, -0.2) is 0 Å². The van der Waals surface area contributed by atoms with Gasteiger partial charge in [-0.15, -0.1) is 0 Å². The highest BCUT2D eigenvalue weighted by Crippen LogP contribution is 2.40. The standard InChI is InChI=1S/C13H17ClN2O3/c1-2-16-7-9(14)6-10(16)11(17)15-8-13(12(18)19)4-3-5-13/h6-7H,2-5,8H2,1H3,(H,15,17)(H,18,19). The molecule has 6 heteroatoms. The lowest BCUT2D eigenvalue weighted by Crippen LogP contribution is -2.47. The molecule has 0 bridgehead atoms. The molecule has 0 aliphatic heterocycles. The van der Waals surface area contributed by atoms with Crippen molar-refractivity contribution < 1.29 is 14.7 Å². The molecule has 1 aliphatic rings. The molecule has 19 heavy (non-hydrogen) atoms. The molecule has 2 N–H and O–H groups in total. The van der Waals surface area contributed by atoms with Gasteiger partial charge in [0, 0.05) is 19.3 Å². The van der Waals surface area contributed by atoms with E-state index in [0.717, 1.165) is 6.42 Å². The number of carbonyl (C=O) groups excluding carboxylic acids is 1. The van der Waals surface area contributed by atoms with Crippen molar-refractivity contribution in [2.24, 2.45) is 5.41 Å². The number of nitrogens with one attached hydrogen (secondary N) is 1. The second-order valence-electron chi connectivity index (χ2n) is 4.95. The number of hydrogen-bond donors (Lipinski definition) is 2. The maximum atomic E-state index is 12.1. The van der Waals surface area contributed by atoms with E-state index in [1.165, 1.54) is 0 Å². The van der Waals surface area contributed by atoms with E-state index < -0.39 is 11.4 Å². The zero-order chi connectivity index (χ0) is 14.0. The number of amides is 1. The number of halogens is 1. The quantitative estimate of drug-likeness (QED) is 0.870. The minimum atomic E-state index is -0.831. The van der Waals surface area contributed by atoms with Crippen molar-refractivity contribution in [3.05, 3.63) is 23.0 Å². The average molecular weight is 285 g/mol. The van der Waals surface area contributed by atoms with E-state index in [9.17, 15) is 14.7 Å². The third kappa shape index (κ3) is 2.61. The van der Waals surface area contributed by atoms with E-state index in [1.54, 1.807) is 16.8 Å². The smallest absolute Gasteiger partial charge is 0.311 e. The molecule has 0 saturated heterocycles. The Balaban J connectivity index is 2.03. The zero-order valence-electron chi connectivity index (χ0n) is 10.8. The van der Waals surface area contributed by atoms with Gasteiger partial charge in [-0.2, -0.15) is 0 Å². The molecule has 1 amide bonds. The Hall–Kier alpha value is -1.49. The van der Waals surface area contributed by atoms with Crippen LogP contribution in [0.3, 0.4) is 0 Å². The molecule has 104 valence electrons. The second kappa shape index (κ2) is 5.25. The van der Waals surface area contributed by atoms with E-state index in [0.29, 0.717) is 30.1 Å². The molecule has 0 aromatic carbocycles. The summed E-state index contributed by atoms with van der Waals surface area (Å²) in [5.41, 5.74) is -0.310. The number of carboxylic acids is 1. The van der Waals surface area contributed by atoms with Crippen LogP contribution in [-0.4, -0.2) is 28.1 Å². The van der Waals surface area contributed by atoms with Crippen LogP contribution in [0.15, 0.2) is 12.3 Å². The predicted octanol–water partition coefficient (Wildman–Crippen LogP) is 2.15. The summed E-state index contributed by atoms with van der Waals surface area (Å²) in [4.78, 5) is 23.3. The Morgan fingerprint density at radius 2 is 2.21 bits per heavy atom. The van der Waals surface area contributed by atoms with E-state index in [-0.39, 0.29) is 12.5 Å². The molecule has 1 aliphatic carbocycles. The van der Waals surface area contributed by atoms with Crippen LogP contribution in [0.2, 0.25) is 5.02 Å². The lowest BCUT2D eigenvalue weighted by Gasteiger charge is -2.37. The largest absolute Gasteiger partial charge is 0.481 e. The first-order valence-corrected chi connectivity index (χ1v) is 6.73. The summed E-state index contributed by atoms with van der Waals surface area (Å²) in [7, 11) is 0. The van der Waals surface area contributed by atoms with Crippen molar-refractivity contribution in [3.63, 3.8) is 0 Å². The van der Waals surface area contributed by atoms with Crippen LogP contribution in [0.1, 0.15) is 36.7 Å².